The summed E-state index contributed by atoms with van der Waals surface area (Å²) in [6.07, 6.45) is 9.27. The number of fused-ring (bicyclic) bond motifs is 1. The number of allylic oxidation sites excluding steroid dienone is 1. The maximum Gasteiger partial charge on any atom is 0.0726 e. The van der Waals surface area contributed by atoms with Gasteiger partial charge in [-0.1, -0.05) is 17.7 Å². The molecule has 1 aromatic rings. The molecular formula is C14H17NO. The molecule has 0 amide bonds. The minimum absolute atomic E-state index is 0.218. The number of hydrogen-bond acceptors (Lipinski definition) is 2. The summed E-state index contributed by atoms with van der Waals surface area (Å²) in [7, 11) is 0. The van der Waals surface area contributed by atoms with E-state index in [1.807, 2.05) is 12.3 Å². The molecule has 0 saturated heterocycles. The molecule has 1 N–H and O–H groups in total. The van der Waals surface area contributed by atoms with E-state index in [-0.39, 0.29) is 6.10 Å². The number of aromatic nitrogens is 1. The average Bonchev–Trinajstić information content (AvgIpc) is 2.75. The maximum atomic E-state index is 9.58. The summed E-state index contributed by atoms with van der Waals surface area (Å²) in [5.74, 6) is 0.474. The Bertz CT molecular complexity index is 424. The average molecular weight is 215 g/mol. The molecule has 2 heteroatoms. The molecule has 16 heavy (non-hydrogen) atoms. The van der Waals surface area contributed by atoms with Crippen molar-refractivity contribution in [2.45, 2.75) is 44.1 Å². The molecule has 0 fully saturated rings. The van der Waals surface area contributed by atoms with Gasteiger partial charge in [0.25, 0.3) is 0 Å². The van der Waals surface area contributed by atoms with E-state index in [0.717, 1.165) is 19.3 Å². The van der Waals surface area contributed by atoms with E-state index in [9.17, 15) is 5.11 Å². The van der Waals surface area contributed by atoms with E-state index in [0.29, 0.717) is 5.92 Å². The number of nitrogens with zero attached hydrogens (tertiary/aromatic N) is 1. The highest BCUT2D eigenvalue weighted by Gasteiger charge is 2.27. The second-order valence-corrected chi connectivity index (χ2v) is 4.84. The predicted molar refractivity (Wildman–Crippen MR) is 63.2 cm³/mol. The van der Waals surface area contributed by atoms with Gasteiger partial charge in [0.15, 0.2) is 0 Å². The SMILES string of the molecule is OC1C=C(C2CCCc3cccnc32)CC1. The molecule has 3 rings (SSSR count). The summed E-state index contributed by atoms with van der Waals surface area (Å²) >= 11 is 0. The van der Waals surface area contributed by atoms with Gasteiger partial charge in [0, 0.05) is 12.1 Å². The zero-order chi connectivity index (χ0) is 11.0. The molecule has 2 aliphatic rings. The Morgan fingerprint density at radius 3 is 3.00 bits per heavy atom. The number of hydrogen-bond donors (Lipinski definition) is 1. The Kier molecular flexibility index (Phi) is 2.52. The van der Waals surface area contributed by atoms with Gasteiger partial charge in [-0.3, -0.25) is 4.98 Å². The molecule has 0 bridgehead atoms. The molecule has 1 heterocycles. The molecule has 2 unspecified atom stereocenters. The molecule has 0 aliphatic heterocycles. The third kappa shape index (κ3) is 1.67. The highest BCUT2D eigenvalue weighted by atomic mass is 16.3. The van der Waals surface area contributed by atoms with Crippen molar-refractivity contribution in [2.75, 3.05) is 0 Å². The Morgan fingerprint density at radius 2 is 2.19 bits per heavy atom. The lowest BCUT2D eigenvalue weighted by Gasteiger charge is -2.25. The van der Waals surface area contributed by atoms with Crippen LogP contribution in [0.4, 0.5) is 0 Å². The molecule has 1 aromatic heterocycles. The van der Waals surface area contributed by atoms with Crippen LogP contribution in [0.5, 0.6) is 0 Å². The van der Waals surface area contributed by atoms with E-state index in [4.69, 9.17) is 0 Å². The number of aliphatic hydroxyl groups is 1. The quantitative estimate of drug-likeness (QED) is 0.730. The van der Waals surface area contributed by atoms with Crippen molar-refractivity contribution in [3.63, 3.8) is 0 Å². The number of aliphatic hydroxyl groups excluding tert-OH is 1. The highest BCUT2D eigenvalue weighted by molar-refractivity contribution is 5.34. The van der Waals surface area contributed by atoms with Gasteiger partial charge in [0.1, 0.15) is 0 Å². The van der Waals surface area contributed by atoms with Crippen molar-refractivity contribution < 1.29 is 5.11 Å². The van der Waals surface area contributed by atoms with Crippen LogP contribution in [0, 0.1) is 0 Å². The maximum absolute atomic E-state index is 9.58. The van der Waals surface area contributed by atoms with Gasteiger partial charge in [-0.2, -0.15) is 0 Å². The van der Waals surface area contributed by atoms with Gasteiger partial charge in [-0.15, -0.1) is 0 Å². The van der Waals surface area contributed by atoms with Crippen LogP contribution in [0.3, 0.4) is 0 Å². The van der Waals surface area contributed by atoms with Crippen LogP contribution >= 0.6 is 0 Å². The third-order valence-electron chi connectivity index (χ3n) is 3.78. The Balaban J connectivity index is 1.96. The second kappa shape index (κ2) is 4.02. The number of rotatable bonds is 1. The van der Waals surface area contributed by atoms with Gasteiger partial charge in [0.2, 0.25) is 0 Å². The van der Waals surface area contributed by atoms with Crippen molar-refractivity contribution in [2.24, 2.45) is 0 Å². The molecule has 2 aliphatic carbocycles. The number of aryl methyl sites for hydroxylation is 1. The van der Waals surface area contributed by atoms with Gasteiger partial charge in [-0.25, -0.2) is 0 Å². The Hall–Kier alpha value is -1.15. The van der Waals surface area contributed by atoms with Gasteiger partial charge in [-0.05, 0) is 43.7 Å². The van der Waals surface area contributed by atoms with Gasteiger partial charge < -0.3 is 5.11 Å². The zero-order valence-electron chi connectivity index (χ0n) is 9.39. The standard InChI is InChI=1S/C14H17NO/c16-12-7-6-11(9-12)13-5-1-3-10-4-2-8-15-14(10)13/h2,4,8-9,12-13,16H,1,3,5-7H2. The van der Waals surface area contributed by atoms with Crippen LogP contribution in [-0.2, 0) is 6.42 Å². The van der Waals surface area contributed by atoms with Crippen LogP contribution < -0.4 is 0 Å². The van der Waals surface area contributed by atoms with Gasteiger partial charge >= 0.3 is 0 Å². The summed E-state index contributed by atoms with van der Waals surface area (Å²) < 4.78 is 0. The fourth-order valence-electron chi connectivity index (χ4n) is 2.99. The van der Waals surface area contributed by atoms with Gasteiger partial charge in [0.05, 0.1) is 11.8 Å². The lowest BCUT2D eigenvalue weighted by atomic mass is 9.81. The minimum Gasteiger partial charge on any atom is -0.389 e. The van der Waals surface area contributed by atoms with Crippen molar-refractivity contribution >= 4 is 0 Å². The molecule has 2 atom stereocenters. The molecule has 2 nitrogen and oxygen atoms in total. The van der Waals surface area contributed by atoms with Crippen molar-refractivity contribution in [1.29, 1.82) is 0 Å². The molecule has 0 spiro atoms. The predicted octanol–water partition coefficient (Wildman–Crippen LogP) is 2.58. The molecule has 0 radical (unpaired) electrons. The topological polar surface area (TPSA) is 33.1 Å². The van der Waals surface area contributed by atoms with Crippen molar-refractivity contribution in [3.05, 3.63) is 41.2 Å². The summed E-state index contributed by atoms with van der Waals surface area (Å²) in [5, 5.41) is 9.58. The van der Waals surface area contributed by atoms with E-state index < -0.39 is 0 Å². The Morgan fingerprint density at radius 1 is 1.25 bits per heavy atom. The zero-order valence-corrected chi connectivity index (χ0v) is 9.39. The van der Waals surface area contributed by atoms with Crippen molar-refractivity contribution in [1.82, 2.24) is 4.98 Å². The summed E-state index contributed by atoms with van der Waals surface area (Å²) in [4.78, 5) is 4.55. The molecule has 0 aromatic carbocycles. The first-order valence-corrected chi connectivity index (χ1v) is 6.17. The second-order valence-electron chi connectivity index (χ2n) is 4.84. The molecular weight excluding hydrogens is 198 g/mol. The molecule has 0 saturated carbocycles. The van der Waals surface area contributed by atoms with Crippen LogP contribution in [-0.4, -0.2) is 16.2 Å². The van der Waals surface area contributed by atoms with Crippen LogP contribution in [0.2, 0.25) is 0 Å². The highest BCUT2D eigenvalue weighted by Crippen LogP contribution is 2.39. The van der Waals surface area contributed by atoms with Crippen LogP contribution in [0.1, 0.15) is 42.9 Å². The largest absolute Gasteiger partial charge is 0.389 e. The lowest BCUT2D eigenvalue weighted by Crippen LogP contribution is -2.13. The van der Waals surface area contributed by atoms with E-state index in [2.05, 4.69) is 17.1 Å². The first-order valence-electron chi connectivity index (χ1n) is 6.17. The van der Waals surface area contributed by atoms with Crippen LogP contribution in [0.25, 0.3) is 0 Å². The fourth-order valence-corrected chi connectivity index (χ4v) is 2.99. The lowest BCUT2D eigenvalue weighted by molar-refractivity contribution is 0.223. The minimum atomic E-state index is -0.218. The summed E-state index contributed by atoms with van der Waals surface area (Å²) in [6.45, 7) is 0. The number of pyridine rings is 1. The Labute approximate surface area is 96.0 Å². The smallest absolute Gasteiger partial charge is 0.0726 e. The normalized spacial score (nSPS) is 28.7. The monoisotopic (exact) mass is 215 g/mol. The van der Waals surface area contributed by atoms with Crippen LogP contribution in [0.15, 0.2) is 30.0 Å². The first-order chi connectivity index (χ1) is 7.84. The van der Waals surface area contributed by atoms with E-state index in [1.54, 1.807) is 0 Å². The van der Waals surface area contributed by atoms with E-state index in [1.165, 1.54) is 29.7 Å². The summed E-state index contributed by atoms with van der Waals surface area (Å²) in [5.41, 5.74) is 4.07. The molecule has 84 valence electrons. The fraction of sp³-hybridized carbons (Fsp3) is 0.500. The first kappa shape index (κ1) is 10.0. The third-order valence-corrected chi connectivity index (χ3v) is 3.78. The summed E-state index contributed by atoms with van der Waals surface area (Å²) in [6, 6.07) is 4.22. The van der Waals surface area contributed by atoms with E-state index >= 15 is 0 Å². The van der Waals surface area contributed by atoms with Crippen molar-refractivity contribution in [3.8, 4) is 0 Å².